The molecule has 0 saturated carbocycles. The molecule has 2 atom stereocenters. The third-order valence-electron chi connectivity index (χ3n) is 6.54. The van der Waals surface area contributed by atoms with Crippen LogP contribution >= 0.6 is 0 Å². The zero-order chi connectivity index (χ0) is 30.4. The van der Waals surface area contributed by atoms with Gasteiger partial charge < -0.3 is 29.6 Å². The molecular weight excluding hydrogens is 540 g/mol. The molecule has 0 aromatic heterocycles. The van der Waals surface area contributed by atoms with E-state index in [1.54, 1.807) is 0 Å². The van der Waals surface area contributed by atoms with E-state index >= 15 is 0 Å². The van der Waals surface area contributed by atoms with Crippen molar-refractivity contribution in [1.29, 1.82) is 0 Å². The van der Waals surface area contributed by atoms with Crippen molar-refractivity contribution in [2.45, 2.75) is 63.5 Å². The van der Waals surface area contributed by atoms with Gasteiger partial charge in [-0.3, -0.25) is 19.2 Å². The zero-order valence-corrected chi connectivity index (χ0v) is 24.7. The number of unbranched alkanes of at least 4 members (excludes halogenated alkanes) is 3. The van der Waals surface area contributed by atoms with Crippen LogP contribution in [0.4, 0.5) is 0 Å². The molecule has 0 fully saturated rings. The first kappa shape index (κ1) is 34.4. The van der Waals surface area contributed by atoms with Crippen LogP contribution in [0.5, 0.6) is 0 Å². The van der Waals surface area contributed by atoms with Crippen molar-refractivity contribution in [3.63, 3.8) is 0 Å². The number of rotatable bonds is 21. The predicted molar refractivity (Wildman–Crippen MR) is 158 cm³/mol. The minimum atomic E-state index is -0.535. The lowest BCUT2D eigenvalue weighted by molar-refractivity contribution is -0.146. The average molecular weight is 585 g/mol. The highest BCUT2D eigenvalue weighted by molar-refractivity contribution is 5.77. The van der Waals surface area contributed by atoms with Gasteiger partial charge >= 0.3 is 23.9 Å². The van der Waals surface area contributed by atoms with E-state index in [0.29, 0.717) is 52.0 Å². The second-order valence-corrected chi connectivity index (χ2v) is 9.79. The van der Waals surface area contributed by atoms with Gasteiger partial charge in [0.2, 0.25) is 0 Å². The molecule has 0 aliphatic heterocycles. The summed E-state index contributed by atoms with van der Waals surface area (Å²) in [6.07, 6.45) is 4.36. The van der Waals surface area contributed by atoms with E-state index in [1.807, 2.05) is 60.7 Å². The molecule has 0 saturated heterocycles. The summed E-state index contributed by atoms with van der Waals surface area (Å²) < 4.78 is 20.3. The van der Waals surface area contributed by atoms with E-state index in [4.69, 9.17) is 18.9 Å². The summed E-state index contributed by atoms with van der Waals surface area (Å²) in [5.41, 5.74) is 2.00. The highest BCUT2D eigenvalue weighted by atomic mass is 16.5. The molecule has 2 unspecified atom stereocenters. The molecule has 10 heteroatoms. The van der Waals surface area contributed by atoms with Crippen LogP contribution in [-0.2, 0) is 51.0 Å². The second kappa shape index (κ2) is 21.0. The number of carbonyl (C=O) groups is 4. The molecule has 2 aromatic rings. The highest BCUT2D eigenvalue weighted by Crippen LogP contribution is 2.07. The van der Waals surface area contributed by atoms with Crippen molar-refractivity contribution in [3.05, 3.63) is 71.8 Å². The summed E-state index contributed by atoms with van der Waals surface area (Å²) in [6.45, 7) is 1.25. The number of hydrogen-bond acceptors (Lipinski definition) is 10. The molecule has 0 radical (unpaired) electrons. The summed E-state index contributed by atoms with van der Waals surface area (Å²) in [6, 6.07) is 18.1. The second-order valence-electron chi connectivity index (χ2n) is 9.79. The summed E-state index contributed by atoms with van der Waals surface area (Å²) >= 11 is 0. The Morgan fingerprint density at radius 1 is 0.595 bits per heavy atom. The lowest BCUT2D eigenvalue weighted by Crippen LogP contribution is -2.40. The molecule has 0 amide bonds. The normalized spacial score (nSPS) is 12.1. The van der Waals surface area contributed by atoms with Gasteiger partial charge in [0, 0.05) is 13.1 Å². The Labute approximate surface area is 248 Å². The van der Waals surface area contributed by atoms with Gasteiger partial charge in [-0.25, -0.2) is 0 Å². The van der Waals surface area contributed by atoms with Gasteiger partial charge in [0.05, 0.1) is 40.3 Å². The van der Waals surface area contributed by atoms with E-state index < -0.39 is 12.1 Å². The van der Waals surface area contributed by atoms with Crippen LogP contribution < -0.4 is 10.6 Å². The van der Waals surface area contributed by atoms with E-state index in [-0.39, 0.29) is 36.7 Å². The summed E-state index contributed by atoms with van der Waals surface area (Å²) in [4.78, 5) is 48.2. The molecule has 0 aliphatic rings. The summed E-state index contributed by atoms with van der Waals surface area (Å²) in [7, 11) is 2.69. The maximum atomic E-state index is 12.1. The number of benzene rings is 2. The Bertz CT molecular complexity index is 979. The first-order chi connectivity index (χ1) is 20.4. The summed E-state index contributed by atoms with van der Waals surface area (Å²) in [5.74, 6) is -1.40. The van der Waals surface area contributed by atoms with E-state index in [9.17, 15) is 19.2 Å². The molecule has 0 aliphatic carbocycles. The number of carbonyl (C=O) groups excluding carboxylic acids is 4. The fraction of sp³-hybridized carbons (Fsp3) is 0.500. The van der Waals surface area contributed by atoms with Gasteiger partial charge in [0.25, 0.3) is 0 Å². The molecule has 0 spiro atoms. The van der Waals surface area contributed by atoms with Crippen LogP contribution in [0.15, 0.2) is 60.7 Å². The van der Waals surface area contributed by atoms with Gasteiger partial charge in [0.15, 0.2) is 0 Å². The lowest BCUT2D eigenvalue weighted by atomic mass is 10.1. The van der Waals surface area contributed by atoms with Crippen molar-refractivity contribution in [2.24, 2.45) is 0 Å². The van der Waals surface area contributed by atoms with Crippen LogP contribution in [0.1, 0.15) is 49.7 Å². The van der Waals surface area contributed by atoms with Crippen LogP contribution in [-0.4, -0.2) is 76.5 Å². The number of nitrogens with one attached hydrogen (secondary N) is 2. The Kier molecular flexibility index (Phi) is 17.2. The summed E-state index contributed by atoms with van der Waals surface area (Å²) in [5, 5.41) is 6.16. The fourth-order valence-corrected chi connectivity index (χ4v) is 4.23. The molecule has 42 heavy (non-hydrogen) atoms. The molecule has 10 nitrogen and oxygen atoms in total. The molecular formula is C32H44N2O8. The third-order valence-corrected chi connectivity index (χ3v) is 6.54. The monoisotopic (exact) mass is 584 g/mol. The van der Waals surface area contributed by atoms with Crippen molar-refractivity contribution < 1.29 is 38.1 Å². The van der Waals surface area contributed by atoms with Crippen molar-refractivity contribution in [3.8, 4) is 0 Å². The fourth-order valence-electron chi connectivity index (χ4n) is 4.23. The topological polar surface area (TPSA) is 129 Å². The van der Waals surface area contributed by atoms with Crippen molar-refractivity contribution >= 4 is 23.9 Å². The van der Waals surface area contributed by atoms with Crippen molar-refractivity contribution in [1.82, 2.24) is 10.6 Å². The maximum absolute atomic E-state index is 12.1. The minimum Gasteiger partial charge on any atom is -0.468 e. The molecule has 2 N–H and O–H groups in total. The Balaban J connectivity index is 1.49. The minimum absolute atomic E-state index is 0.153. The Morgan fingerprint density at radius 2 is 0.976 bits per heavy atom. The smallest absolute Gasteiger partial charge is 0.323 e. The maximum Gasteiger partial charge on any atom is 0.323 e. The first-order valence-electron chi connectivity index (χ1n) is 14.4. The number of methoxy groups -OCH3 is 2. The van der Waals surface area contributed by atoms with Gasteiger partial charge in [-0.1, -0.05) is 60.7 Å². The standard InChI is InChI=1S/C32H44N2O8/c1-39-31(37)27(23-25-13-7-5-8-14-25)33-19-17-29(35)41-21-11-3-4-12-22-42-30(36)18-20-34-28(32(38)40-2)24-26-15-9-6-10-16-26/h5-10,13-16,27-28,33-34H,3-4,11-12,17-24H2,1-2H3. The average Bonchev–Trinajstić information content (AvgIpc) is 3.01. The van der Waals surface area contributed by atoms with Crippen LogP contribution in [0.25, 0.3) is 0 Å². The van der Waals surface area contributed by atoms with E-state index in [0.717, 1.165) is 24.0 Å². The van der Waals surface area contributed by atoms with E-state index in [1.165, 1.54) is 14.2 Å². The van der Waals surface area contributed by atoms with Crippen LogP contribution in [0.3, 0.4) is 0 Å². The Hall–Kier alpha value is -3.76. The largest absolute Gasteiger partial charge is 0.468 e. The SMILES string of the molecule is COC(=O)C(Cc1ccccc1)NCCC(=O)OCCCCCCOC(=O)CCNC(Cc1ccccc1)C(=O)OC. The number of hydrogen-bond donors (Lipinski definition) is 2. The highest BCUT2D eigenvalue weighted by Gasteiger charge is 2.20. The van der Waals surface area contributed by atoms with Gasteiger partial charge in [-0.2, -0.15) is 0 Å². The zero-order valence-electron chi connectivity index (χ0n) is 24.7. The van der Waals surface area contributed by atoms with E-state index in [2.05, 4.69) is 10.6 Å². The van der Waals surface area contributed by atoms with Crippen LogP contribution in [0.2, 0.25) is 0 Å². The van der Waals surface area contributed by atoms with Gasteiger partial charge in [-0.15, -0.1) is 0 Å². The Morgan fingerprint density at radius 3 is 1.33 bits per heavy atom. The molecule has 0 bridgehead atoms. The predicted octanol–water partition coefficient (Wildman–Crippen LogP) is 3.16. The van der Waals surface area contributed by atoms with Gasteiger partial charge in [0.1, 0.15) is 12.1 Å². The number of ether oxygens (including phenoxy) is 4. The third kappa shape index (κ3) is 14.7. The van der Waals surface area contributed by atoms with Crippen molar-refractivity contribution in [2.75, 3.05) is 40.5 Å². The molecule has 230 valence electrons. The first-order valence-corrected chi connectivity index (χ1v) is 14.4. The lowest BCUT2D eigenvalue weighted by Gasteiger charge is -2.16. The quantitative estimate of drug-likeness (QED) is 0.128. The number of esters is 4. The van der Waals surface area contributed by atoms with Gasteiger partial charge in [-0.05, 0) is 49.7 Å². The molecule has 2 aromatic carbocycles. The molecule has 0 heterocycles. The van der Waals surface area contributed by atoms with Crippen LogP contribution in [0, 0.1) is 0 Å². The molecule has 2 rings (SSSR count).